The summed E-state index contributed by atoms with van der Waals surface area (Å²) in [6, 6.07) is 7.29. The molecule has 0 unspecified atom stereocenters. The third-order valence-electron chi connectivity index (χ3n) is 3.67. The zero-order valence-electron chi connectivity index (χ0n) is 12.5. The minimum absolute atomic E-state index is 0.144. The van der Waals surface area contributed by atoms with E-state index in [0.29, 0.717) is 16.2 Å². The Balaban J connectivity index is 1.72. The molecule has 1 amide bonds. The van der Waals surface area contributed by atoms with Crippen molar-refractivity contribution in [1.29, 1.82) is 0 Å². The van der Waals surface area contributed by atoms with Crippen molar-refractivity contribution >= 4 is 44.4 Å². The molecule has 0 saturated carbocycles. The predicted molar refractivity (Wildman–Crippen MR) is 89.1 cm³/mol. The van der Waals surface area contributed by atoms with Crippen LogP contribution in [0, 0.1) is 0 Å². The minimum Gasteiger partial charge on any atom is -0.448 e. The van der Waals surface area contributed by atoms with Gasteiger partial charge in [-0.15, -0.1) is 10.2 Å². The highest BCUT2D eigenvalue weighted by molar-refractivity contribution is 7.13. The lowest BCUT2D eigenvalue weighted by atomic mass is 10.2. The van der Waals surface area contributed by atoms with Gasteiger partial charge in [-0.1, -0.05) is 23.5 Å². The summed E-state index contributed by atoms with van der Waals surface area (Å²) in [5.74, 6) is -0.300. The molecular formula is C15H11N5O3S. The molecule has 120 valence electrons. The number of rotatable bonds is 3. The second kappa shape index (κ2) is 5.53. The van der Waals surface area contributed by atoms with Crippen LogP contribution in [0.15, 0.2) is 45.3 Å². The Morgan fingerprint density at radius 2 is 2.21 bits per heavy atom. The van der Waals surface area contributed by atoms with Gasteiger partial charge >= 0.3 is 0 Å². The highest BCUT2D eigenvalue weighted by Gasteiger charge is 2.18. The standard InChI is InChI=1S/C15H11N5O3S/c1-19(15-18-17-8-24-15)11(21)6-20-7-16-12-9-4-2-3-5-10(9)23-13(12)14(20)22/h2-5,7-8H,6H2,1H3. The number of hydrogen-bond donors (Lipinski definition) is 0. The maximum absolute atomic E-state index is 12.6. The van der Waals surface area contributed by atoms with E-state index < -0.39 is 5.56 Å². The number of aromatic nitrogens is 4. The van der Waals surface area contributed by atoms with Crippen molar-refractivity contribution in [3.63, 3.8) is 0 Å². The highest BCUT2D eigenvalue weighted by atomic mass is 32.1. The Labute approximate surface area is 139 Å². The summed E-state index contributed by atoms with van der Waals surface area (Å²) in [5, 5.41) is 8.76. The Hall–Kier alpha value is -3.07. The third kappa shape index (κ3) is 2.26. The van der Waals surface area contributed by atoms with E-state index in [0.717, 1.165) is 5.39 Å². The normalized spacial score (nSPS) is 11.2. The van der Waals surface area contributed by atoms with Crippen molar-refractivity contribution < 1.29 is 9.21 Å². The Morgan fingerprint density at radius 3 is 3.00 bits per heavy atom. The van der Waals surface area contributed by atoms with Crippen molar-refractivity contribution in [1.82, 2.24) is 19.7 Å². The molecule has 24 heavy (non-hydrogen) atoms. The van der Waals surface area contributed by atoms with Gasteiger partial charge in [-0.3, -0.25) is 19.1 Å². The van der Waals surface area contributed by atoms with Gasteiger partial charge in [0, 0.05) is 12.4 Å². The Kier molecular flexibility index (Phi) is 3.35. The van der Waals surface area contributed by atoms with E-state index in [1.165, 1.54) is 32.6 Å². The van der Waals surface area contributed by atoms with Crippen LogP contribution in [0.3, 0.4) is 0 Å². The van der Waals surface area contributed by atoms with Crippen molar-refractivity contribution in [2.24, 2.45) is 0 Å². The summed E-state index contributed by atoms with van der Waals surface area (Å²) < 4.78 is 6.82. The number of carbonyl (C=O) groups excluding carboxylic acids is 1. The van der Waals surface area contributed by atoms with E-state index in [2.05, 4.69) is 15.2 Å². The van der Waals surface area contributed by atoms with E-state index >= 15 is 0 Å². The lowest BCUT2D eigenvalue weighted by molar-refractivity contribution is -0.118. The first-order chi connectivity index (χ1) is 11.6. The van der Waals surface area contributed by atoms with E-state index in [-0.39, 0.29) is 18.0 Å². The molecule has 0 bridgehead atoms. The monoisotopic (exact) mass is 341 g/mol. The van der Waals surface area contributed by atoms with Crippen molar-refractivity contribution in [2.75, 3.05) is 11.9 Å². The fourth-order valence-electron chi connectivity index (χ4n) is 2.40. The van der Waals surface area contributed by atoms with Crippen LogP contribution in [0.5, 0.6) is 0 Å². The second-order valence-electron chi connectivity index (χ2n) is 5.13. The number of furan rings is 1. The molecule has 3 aromatic heterocycles. The molecule has 1 aromatic carbocycles. The molecule has 0 aliphatic rings. The maximum Gasteiger partial charge on any atom is 0.297 e. The van der Waals surface area contributed by atoms with Gasteiger partial charge in [-0.05, 0) is 12.1 Å². The maximum atomic E-state index is 12.6. The van der Waals surface area contributed by atoms with Crippen molar-refractivity contribution in [3.05, 3.63) is 46.5 Å². The molecule has 0 spiro atoms. The van der Waals surface area contributed by atoms with Crippen LogP contribution in [0.4, 0.5) is 5.13 Å². The van der Waals surface area contributed by atoms with E-state index in [1.807, 2.05) is 18.2 Å². The van der Waals surface area contributed by atoms with Crippen LogP contribution in [-0.4, -0.2) is 32.7 Å². The largest absolute Gasteiger partial charge is 0.448 e. The topological polar surface area (TPSA) is 94.1 Å². The SMILES string of the molecule is CN(C(=O)Cn1cnc2c(oc3ccccc32)c1=O)c1nncs1. The molecule has 8 nitrogen and oxygen atoms in total. The summed E-state index contributed by atoms with van der Waals surface area (Å²) in [5.41, 5.74) is 2.37. The lowest BCUT2D eigenvalue weighted by Crippen LogP contribution is -2.33. The first-order valence-electron chi connectivity index (χ1n) is 7.04. The van der Waals surface area contributed by atoms with Gasteiger partial charge in [0.1, 0.15) is 23.2 Å². The molecule has 0 radical (unpaired) electrons. The molecule has 0 N–H and O–H groups in total. The van der Waals surface area contributed by atoms with E-state index in [9.17, 15) is 9.59 Å². The molecule has 0 atom stereocenters. The quantitative estimate of drug-likeness (QED) is 0.562. The molecule has 9 heteroatoms. The van der Waals surface area contributed by atoms with Crippen molar-refractivity contribution in [3.8, 4) is 0 Å². The predicted octanol–water partition coefficient (Wildman–Crippen LogP) is 1.66. The van der Waals surface area contributed by atoms with Crippen LogP contribution < -0.4 is 10.5 Å². The van der Waals surface area contributed by atoms with Gasteiger partial charge in [0.05, 0.1) is 6.33 Å². The number of anilines is 1. The number of nitrogens with zero attached hydrogens (tertiary/aromatic N) is 5. The molecule has 0 fully saturated rings. The number of benzene rings is 1. The summed E-state index contributed by atoms with van der Waals surface area (Å²) in [4.78, 5) is 30.5. The average Bonchev–Trinajstić information content (AvgIpc) is 3.24. The molecule has 0 aliphatic carbocycles. The Bertz CT molecular complexity index is 1100. The number of fused-ring (bicyclic) bond motifs is 3. The number of para-hydroxylation sites is 1. The van der Waals surface area contributed by atoms with Gasteiger partial charge in [0.15, 0.2) is 0 Å². The number of carbonyl (C=O) groups is 1. The van der Waals surface area contributed by atoms with Crippen LogP contribution >= 0.6 is 11.3 Å². The summed E-state index contributed by atoms with van der Waals surface area (Å²) in [6.07, 6.45) is 1.36. The molecule has 0 aliphatic heterocycles. The van der Waals surface area contributed by atoms with Crippen LogP contribution in [0.1, 0.15) is 0 Å². The summed E-state index contributed by atoms with van der Waals surface area (Å²) >= 11 is 1.24. The van der Waals surface area contributed by atoms with Gasteiger partial charge in [-0.2, -0.15) is 0 Å². The molecule has 4 aromatic rings. The number of likely N-dealkylation sites (N-methyl/N-ethyl adjacent to an activating group) is 1. The smallest absolute Gasteiger partial charge is 0.297 e. The molecular weight excluding hydrogens is 330 g/mol. The molecule has 0 saturated heterocycles. The van der Waals surface area contributed by atoms with Gasteiger partial charge in [0.2, 0.25) is 16.6 Å². The fourth-order valence-corrected chi connectivity index (χ4v) is 2.94. The lowest BCUT2D eigenvalue weighted by Gasteiger charge is -2.13. The van der Waals surface area contributed by atoms with Gasteiger partial charge < -0.3 is 4.42 Å². The minimum atomic E-state index is -0.393. The molecule has 4 rings (SSSR count). The fraction of sp³-hybridized carbons (Fsp3) is 0.133. The van der Waals surface area contributed by atoms with Crippen LogP contribution in [0.2, 0.25) is 0 Å². The zero-order chi connectivity index (χ0) is 16.7. The summed E-state index contributed by atoms with van der Waals surface area (Å²) in [6.45, 7) is -0.158. The van der Waals surface area contributed by atoms with E-state index in [4.69, 9.17) is 4.42 Å². The highest BCUT2D eigenvalue weighted by Crippen LogP contribution is 2.24. The van der Waals surface area contributed by atoms with Gasteiger partial charge in [0.25, 0.3) is 5.56 Å². The first-order valence-corrected chi connectivity index (χ1v) is 7.92. The van der Waals surface area contributed by atoms with E-state index in [1.54, 1.807) is 13.1 Å². The third-order valence-corrected chi connectivity index (χ3v) is 4.43. The summed E-state index contributed by atoms with van der Waals surface area (Å²) in [7, 11) is 1.58. The van der Waals surface area contributed by atoms with Crippen LogP contribution in [-0.2, 0) is 11.3 Å². The second-order valence-corrected chi connectivity index (χ2v) is 5.94. The van der Waals surface area contributed by atoms with Crippen LogP contribution in [0.25, 0.3) is 22.1 Å². The Morgan fingerprint density at radius 1 is 1.38 bits per heavy atom. The first kappa shape index (κ1) is 14.5. The zero-order valence-corrected chi connectivity index (χ0v) is 13.4. The molecule has 3 heterocycles. The van der Waals surface area contributed by atoms with Gasteiger partial charge in [-0.25, -0.2) is 4.98 Å². The number of amides is 1. The number of hydrogen-bond acceptors (Lipinski definition) is 7. The van der Waals surface area contributed by atoms with Crippen molar-refractivity contribution in [2.45, 2.75) is 6.54 Å². The average molecular weight is 341 g/mol.